The maximum Gasteiger partial charge on any atom is 0.431 e. The molecule has 0 spiro atoms. The van der Waals surface area contributed by atoms with E-state index in [1.165, 1.54) is 0 Å². The van der Waals surface area contributed by atoms with Gasteiger partial charge < -0.3 is 4.74 Å². The first-order chi connectivity index (χ1) is 9.28. The number of ether oxygens (including phenoxy) is 1. The Morgan fingerprint density at radius 2 is 1.74 bits per heavy atom. The van der Waals surface area contributed by atoms with Crippen LogP contribution in [-0.4, -0.2) is 6.09 Å². The standard InChI is InChI=1S/C14H11N3O2/c15-10-11-6-8-12(9-7-11)16-17-14(18)19-13-4-2-1-3-5-13/h1-9,16H,(H,17,18). The van der Waals surface area contributed by atoms with Crippen molar-refractivity contribution in [3.63, 3.8) is 0 Å². The van der Waals surface area contributed by atoms with Crippen molar-refractivity contribution in [3.8, 4) is 11.8 Å². The first-order valence-electron chi connectivity index (χ1n) is 5.57. The van der Waals surface area contributed by atoms with Crippen LogP contribution in [0.2, 0.25) is 0 Å². The Balaban J connectivity index is 1.85. The topological polar surface area (TPSA) is 74.2 Å². The number of carbonyl (C=O) groups is 1. The summed E-state index contributed by atoms with van der Waals surface area (Å²) < 4.78 is 5.02. The van der Waals surface area contributed by atoms with Gasteiger partial charge in [0.15, 0.2) is 0 Å². The van der Waals surface area contributed by atoms with Gasteiger partial charge in [-0.25, -0.2) is 10.2 Å². The molecule has 1 amide bonds. The van der Waals surface area contributed by atoms with Crippen molar-refractivity contribution in [2.45, 2.75) is 0 Å². The van der Waals surface area contributed by atoms with Crippen LogP contribution in [0.15, 0.2) is 54.6 Å². The number of nitrogens with zero attached hydrogens (tertiary/aromatic N) is 1. The Bertz CT molecular complexity index is 588. The van der Waals surface area contributed by atoms with E-state index < -0.39 is 6.09 Å². The zero-order valence-corrected chi connectivity index (χ0v) is 9.96. The summed E-state index contributed by atoms with van der Waals surface area (Å²) in [6.07, 6.45) is -0.615. The number of rotatable bonds is 3. The summed E-state index contributed by atoms with van der Waals surface area (Å²) in [5.74, 6) is 0.460. The van der Waals surface area contributed by atoms with Crippen LogP contribution in [-0.2, 0) is 0 Å². The second-order valence-electron chi connectivity index (χ2n) is 3.64. The van der Waals surface area contributed by atoms with Crippen LogP contribution in [0.3, 0.4) is 0 Å². The lowest BCUT2D eigenvalue weighted by atomic mass is 10.2. The highest BCUT2D eigenvalue weighted by Gasteiger charge is 2.02. The fraction of sp³-hybridized carbons (Fsp3) is 0. The van der Waals surface area contributed by atoms with Crippen LogP contribution < -0.4 is 15.6 Å². The van der Waals surface area contributed by atoms with Gasteiger partial charge >= 0.3 is 6.09 Å². The zero-order valence-electron chi connectivity index (χ0n) is 9.96. The SMILES string of the molecule is N#Cc1ccc(NNC(=O)Oc2ccccc2)cc1. The maximum absolute atomic E-state index is 11.5. The van der Waals surface area contributed by atoms with Crippen molar-refractivity contribution in [2.75, 3.05) is 5.43 Å². The summed E-state index contributed by atoms with van der Waals surface area (Å²) in [6, 6.07) is 17.4. The Morgan fingerprint density at radius 3 is 2.37 bits per heavy atom. The molecule has 0 aliphatic carbocycles. The summed E-state index contributed by atoms with van der Waals surface area (Å²) >= 11 is 0. The molecule has 0 radical (unpaired) electrons. The molecule has 2 rings (SSSR count). The number of nitrogens with one attached hydrogen (secondary N) is 2. The number of hydrogen-bond donors (Lipinski definition) is 2. The third-order valence-corrected chi connectivity index (χ3v) is 2.28. The lowest BCUT2D eigenvalue weighted by Crippen LogP contribution is -2.32. The van der Waals surface area contributed by atoms with Crippen molar-refractivity contribution in [1.29, 1.82) is 5.26 Å². The largest absolute Gasteiger partial charge is 0.431 e. The van der Waals surface area contributed by atoms with Crippen LogP contribution in [0.25, 0.3) is 0 Å². The van der Waals surface area contributed by atoms with Crippen LogP contribution in [0.1, 0.15) is 5.56 Å². The van der Waals surface area contributed by atoms with Gasteiger partial charge in [-0.05, 0) is 36.4 Å². The lowest BCUT2D eigenvalue weighted by molar-refractivity contribution is 0.203. The fourth-order valence-corrected chi connectivity index (χ4v) is 1.37. The highest BCUT2D eigenvalue weighted by Crippen LogP contribution is 2.09. The third kappa shape index (κ3) is 3.75. The number of para-hydroxylation sites is 1. The van der Waals surface area contributed by atoms with E-state index in [2.05, 4.69) is 10.9 Å². The second-order valence-corrected chi connectivity index (χ2v) is 3.64. The molecule has 0 aliphatic rings. The van der Waals surface area contributed by atoms with Gasteiger partial charge in [0.2, 0.25) is 0 Å². The van der Waals surface area contributed by atoms with Gasteiger partial charge in [0.1, 0.15) is 5.75 Å². The van der Waals surface area contributed by atoms with Crippen LogP contribution >= 0.6 is 0 Å². The van der Waals surface area contributed by atoms with Crippen molar-refractivity contribution in [1.82, 2.24) is 5.43 Å². The molecular weight excluding hydrogens is 242 g/mol. The van der Waals surface area contributed by atoms with E-state index >= 15 is 0 Å². The summed E-state index contributed by atoms with van der Waals surface area (Å²) in [5, 5.41) is 8.65. The number of anilines is 1. The van der Waals surface area contributed by atoms with Gasteiger partial charge in [0.25, 0.3) is 0 Å². The molecule has 19 heavy (non-hydrogen) atoms. The number of benzene rings is 2. The molecule has 0 saturated heterocycles. The van der Waals surface area contributed by atoms with Gasteiger partial charge in [0.05, 0.1) is 17.3 Å². The van der Waals surface area contributed by atoms with E-state index in [-0.39, 0.29) is 0 Å². The van der Waals surface area contributed by atoms with E-state index in [0.29, 0.717) is 17.0 Å². The van der Waals surface area contributed by atoms with Gasteiger partial charge in [-0.2, -0.15) is 5.26 Å². The Morgan fingerprint density at radius 1 is 1.05 bits per heavy atom. The average Bonchev–Trinajstić information content (AvgIpc) is 2.47. The minimum absolute atomic E-state index is 0.460. The molecule has 0 unspecified atom stereocenters. The molecule has 94 valence electrons. The van der Waals surface area contributed by atoms with Crippen molar-refractivity contribution >= 4 is 11.8 Å². The number of nitriles is 1. The quantitative estimate of drug-likeness (QED) is 0.825. The Kier molecular flexibility index (Phi) is 3.98. The summed E-state index contributed by atoms with van der Waals surface area (Å²) in [7, 11) is 0. The van der Waals surface area contributed by atoms with Crippen molar-refractivity contribution in [2.24, 2.45) is 0 Å². The normalized spacial score (nSPS) is 9.21. The van der Waals surface area contributed by atoms with Gasteiger partial charge in [-0.15, -0.1) is 0 Å². The summed E-state index contributed by atoms with van der Waals surface area (Å²) in [4.78, 5) is 11.5. The predicted molar refractivity (Wildman–Crippen MR) is 70.4 cm³/mol. The number of carbonyl (C=O) groups excluding carboxylic acids is 1. The minimum atomic E-state index is -0.615. The molecule has 2 aromatic carbocycles. The maximum atomic E-state index is 11.5. The van der Waals surface area contributed by atoms with Gasteiger partial charge in [-0.3, -0.25) is 5.43 Å². The molecular formula is C14H11N3O2. The van der Waals surface area contributed by atoms with E-state index in [1.807, 2.05) is 12.1 Å². The Labute approximate surface area is 110 Å². The smallest absolute Gasteiger partial charge is 0.409 e. The molecule has 0 heterocycles. The second kappa shape index (κ2) is 6.07. The molecule has 0 bridgehead atoms. The molecule has 0 aromatic heterocycles. The first-order valence-corrected chi connectivity index (χ1v) is 5.57. The number of hydrazine groups is 1. The molecule has 2 N–H and O–H groups in total. The minimum Gasteiger partial charge on any atom is -0.409 e. The predicted octanol–water partition coefficient (Wildman–Crippen LogP) is 2.67. The fourth-order valence-electron chi connectivity index (χ4n) is 1.37. The number of amides is 1. The molecule has 5 nitrogen and oxygen atoms in total. The number of hydrogen-bond acceptors (Lipinski definition) is 4. The van der Waals surface area contributed by atoms with Crippen molar-refractivity contribution in [3.05, 3.63) is 60.2 Å². The van der Waals surface area contributed by atoms with E-state index in [1.54, 1.807) is 48.5 Å². The molecule has 0 saturated carbocycles. The molecule has 5 heteroatoms. The highest BCUT2D eigenvalue weighted by molar-refractivity contribution is 5.72. The summed E-state index contributed by atoms with van der Waals surface area (Å²) in [5.41, 5.74) is 6.28. The molecule has 2 aromatic rings. The highest BCUT2D eigenvalue weighted by atomic mass is 16.6. The summed E-state index contributed by atoms with van der Waals surface area (Å²) in [6.45, 7) is 0. The van der Waals surface area contributed by atoms with Gasteiger partial charge in [-0.1, -0.05) is 18.2 Å². The molecule has 0 aliphatic heterocycles. The van der Waals surface area contributed by atoms with E-state index in [0.717, 1.165) is 0 Å². The van der Waals surface area contributed by atoms with E-state index in [9.17, 15) is 4.79 Å². The van der Waals surface area contributed by atoms with Crippen LogP contribution in [0.4, 0.5) is 10.5 Å². The average molecular weight is 253 g/mol. The van der Waals surface area contributed by atoms with E-state index in [4.69, 9.17) is 10.00 Å². The monoisotopic (exact) mass is 253 g/mol. The Hall–Kier alpha value is -3.00. The van der Waals surface area contributed by atoms with Crippen LogP contribution in [0, 0.1) is 11.3 Å². The third-order valence-electron chi connectivity index (χ3n) is 2.28. The molecule has 0 atom stereocenters. The van der Waals surface area contributed by atoms with Crippen molar-refractivity contribution < 1.29 is 9.53 Å². The first kappa shape index (κ1) is 12.5. The van der Waals surface area contributed by atoms with Gasteiger partial charge in [0, 0.05) is 0 Å². The lowest BCUT2D eigenvalue weighted by Gasteiger charge is -2.08. The zero-order chi connectivity index (χ0) is 13.5. The molecule has 0 fully saturated rings. The van der Waals surface area contributed by atoms with Crippen LogP contribution in [0.5, 0.6) is 5.75 Å².